The summed E-state index contributed by atoms with van der Waals surface area (Å²) in [4.78, 5) is 15.6. The van der Waals surface area contributed by atoms with Crippen LogP contribution in [0.15, 0.2) is 229 Å². The van der Waals surface area contributed by atoms with E-state index in [1.165, 1.54) is 16.5 Å². The molecule has 12 rings (SSSR count). The zero-order valence-electron chi connectivity index (χ0n) is 34.1. The lowest BCUT2D eigenvalue weighted by Gasteiger charge is -2.12. The maximum absolute atomic E-state index is 6.63. The van der Waals surface area contributed by atoms with E-state index in [9.17, 15) is 0 Å². The fourth-order valence-corrected chi connectivity index (χ4v) is 8.83. The van der Waals surface area contributed by atoms with Gasteiger partial charge in [0.25, 0.3) is 0 Å². The van der Waals surface area contributed by atoms with Crippen molar-refractivity contribution in [3.63, 3.8) is 0 Å². The fourth-order valence-electron chi connectivity index (χ4n) is 8.83. The molecule has 0 aliphatic rings. The van der Waals surface area contributed by atoms with Crippen LogP contribution in [0.25, 0.3) is 122 Å². The molecule has 0 saturated heterocycles. The topological polar surface area (TPSA) is 51.8 Å². The number of benzene rings is 9. The maximum atomic E-state index is 6.63. The Kier molecular flexibility index (Phi) is 8.79. The highest BCUT2D eigenvalue weighted by molar-refractivity contribution is 6.22. The monoisotopic (exact) mass is 803 g/mol. The molecular formula is C59H37N3O. The molecule has 3 aromatic heterocycles. The lowest BCUT2D eigenvalue weighted by atomic mass is 9.97. The summed E-state index contributed by atoms with van der Waals surface area (Å²) in [6, 6.07) is 78.6. The van der Waals surface area contributed by atoms with E-state index in [1.54, 1.807) is 0 Å². The van der Waals surface area contributed by atoms with E-state index in [0.717, 1.165) is 99.8 Å². The highest BCUT2D eigenvalue weighted by Crippen LogP contribution is 2.41. The largest absolute Gasteiger partial charge is 0.454 e. The van der Waals surface area contributed by atoms with Gasteiger partial charge >= 0.3 is 0 Å². The zero-order chi connectivity index (χ0) is 41.7. The molecule has 9 aromatic carbocycles. The quantitative estimate of drug-likeness (QED) is 0.151. The second-order valence-electron chi connectivity index (χ2n) is 16.0. The van der Waals surface area contributed by atoms with Gasteiger partial charge in [-0.05, 0) is 74.5 Å². The summed E-state index contributed by atoms with van der Waals surface area (Å²) in [6.45, 7) is 0. The molecule has 4 heteroatoms. The smallest absolute Gasteiger partial charge is 0.162 e. The summed E-state index contributed by atoms with van der Waals surface area (Å²) >= 11 is 0. The molecule has 0 unspecified atom stereocenters. The third kappa shape index (κ3) is 6.71. The maximum Gasteiger partial charge on any atom is 0.162 e. The summed E-state index contributed by atoms with van der Waals surface area (Å²) in [5, 5.41) is 5.62. The molecule has 0 fully saturated rings. The van der Waals surface area contributed by atoms with E-state index in [1.807, 2.05) is 24.3 Å². The minimum Gasteiger partial charge on any atom is -0.454 e. The molecule has 0 atom stereocenters. The van der Waals surface area contributed by atoms with Crippen LogP contribution in [-0.4, -0.2) is 15.0 Å². The van der Waals surface area contributed by atoms with Gasteiger partial charge in [-0.1, -0.05) is 194 Å². The molecule has 63 heavy (non-hydrogen) atoms. The third-order valence-corrected chi connectivity index (χ3v) is 12.1. The lowest BCUT2D eigenvalue weighted by molar-refractivity contribution is 0.669. The predicted molar refractivity (Wildman–Crippen MR) is 260 cm³/mol. The number of nitrogens with zero attached hydrogens (tertiary/aromatic N) is 3. The summed E-state index contributed by atoms with van der Waals surface area (Å²) in [7, 11) is 0. The van der Waals surface area contributed by atoms with Gasteiger partial charge < -0.3 is 4.42 Å². The molecule has 12 aromatic rings. The number of pyridine rings is 1. The Labute approximate surface area is 364 Å². The van der Waals surface area contributed by atoms with Gasteiger partial charge in [0.1, 0.15) is 11.3 Å². The van der Waals surface area contributed by atoms with E-state index in [0.29, 0.717) is 5.82 Å². The number of furan rings is 1. The van der Waals surface area contributed by atoms with Gasteiger partial charge in [-0.25, -0.2) is 15.0 Å². The molecule has 4 nitrogen and oxygen atoms in total. The standard InChI is InChI=1S/C59H37N3O/c1-3-12-38(13-4-1)40-22-28-43(29-23-40)52-37-53(62-59(61-52)45-32-26-41(27-33-45)39-14-5-2-6-15-39)44-30-24-42(25-31-44)46-18-11-19-49(34-46)57-58-56(50-20-9-10-21-55(50)63-58)51-35-47-16-7-8-17-48(47)36-54(51)60-57/h1-37H. The normalized spacial score (nSPS) is 11.5. The number of para-hydroxylation sites is 1. The fraction of sp³-hybridized carbons (Fsp3) is 0. The molecule has 0 spiro atoms. The van der Waals surface area contributed by atoms with Crippen molar-refractivity contribution in [1.82, 2.24) is 15.0 Å². The number of hydrogen-bond donors (Lipinski definition) is 0. The van der Waals surface area contributed by atoms with Gasteiger partial charge in [-0.2, -0.15) is 0 Å². The Hall–Kier alpha value is -8.47. The van der Waals surface area contributed by atoms with Gasteiger partial charge in [0.05, 0.1) is 16.9 Å². The van der Waals surface area contributed by atoms with Crippen LogP contribution in [0.3, 0.4) is 0 Å². The molecule has 294 valence electrons. The molecule has 0 radical (unpaired) electrons. The van der Waals surface area contributed by atoms with Crippen molar-refractivity contribution in [2.75, 3.05) is 0 Å². The van der Waals surface area contributed by atoms with E-state index >= 15 is 0 Å². The average Bonchev–Trinajstić information content (AvgIpc) is 3.76. The van der Waals surface area contributed by atoms with Gasteiger partial charge in [0.2, 0.25) is 0 Å². The molecule has 0 saturated carbocycles. The van der Waals surface area contributed by atoms with E-state index in [4.69, 9.17) is 19.4 Å². The van der Waals surface area contributed by atoms with Crippen LogP contribution in [0.5, 0.6) is 0 Å². The Morgan fingerprint density at radius 2 is 0.778 bits per heavy atom. The molecule has 3 heterocycles. The van der Waals surface area contributed by atoms with Crippen molar-refractivity contribution >= 4 is 43.6 Å². The van der Waals surface area contributed by atoms with Crippen molar-refractivity contribution in [2.45, 2.75) is 0 Å². The second-order valence-corrected chi connectivity index (χ2v) is 16.0. The van der Waals surface area contributed by atoms with Gasteiger partial charge in [-0.15, -0.1) is 0 Å². The van der Waals surface area contributed by atoms with Gasteiger partial charge in [0.15, 0.2) is 11.4 Å². The number of hydrogen-bond acceptors (Lipinski definition) is 4. The minimum atomic E-state index is 0.679. The molecular weight excluding hydrogens is 767 g/mol. The Morgan fingerprint density at radius 1 is 0.302 bits per heavy atom. The summed E-state index contributed by atoms with van der Waals surface area (Å²) < 4.78 is 6.63. The molecule has 0 aliphatic carbocycles. The van der Waals surface area contributed by atoms with E-state index < -0.39 is 0 Å². The highest BCUT2D eigenvalue weighted by Gasteiger charge is 2.19. The number of aromatic nitrogens is 3. The minimum absolute atomic E-state index is 0.679. The van der Waals surface area contributed by atoms with E-state index in [2.05, 4.69) is 200 Å². The first-order chi connectivity index (χ1) is 31.2. The third-order valence-electron chi connectivity index (χ3n) is 12.1. The van der Waals surface area contributed by atoms with Crippen molar-refractivity contribution in [1.29, 1.82) is 0 Å². The second kappa shape index (κ2) is 15.2. The van der Waals surface area contributed by atoms with Crippen LogP contribution in [-0.2, 0) is 0 Å². The molecule has 0 aliphatic heterocycles. The first-order valence-corrected chi connectivity index (χ1v) is 21.2. The van der Waals surface area contributed by atoms with Crippen LogP contribution in [0.1, 0.15) is 0 Å². The predicted octanol–water partition coefficient (Wildman–Crippen LogP) is 15.7. The van der Waals surface area contributed by atoms with Crippen LogP contribution in [0.2, 0.25) is 0 Å². The molecule has 0 N–H and O–H groups in total. The average molecular weight is 804 g/mol. The lowest BCUT2D eigenvalue weighted by Crippen LogP contribution is -1.96. The van der Waals surface area contributed by atoms with Crippen molar-refractivity contribution in [2.24, 2.45) is 0 Å². The molecule has 0 amide bonds. The van der Waals surface area contributed by atoms with E-state index in [-0.39, 0.29) is 0 Å². The summed E-state index contributed by atoms with van der Waals surface area (Å²) in [6.07, 6.45) is 0. The number of fused-ring (bicyclic) bond motifs is 6. The first-order valence-electron chi connectivity index (χ1n) is 21.2. The Balaban J connectivity index is 0.926. The SMILES string of the molecule is c1ccc(-c2ccc(-c3cc(-c4ccc(-c5cccc(-c6nc7cc8ccccc8cc7c7c6oc6ccccc67)c5)cc4)nc(-c4ccc(-c5ccccc5)cc4)n3)cc2)cc1. The Morgan fingerprint density at radius 3 is 1.41 bits per heavy atom. The number of rotatable bonds is 7. The molecule has 0 bridgehead atoms. The van der Waals surface area contributed by atoms with Crippen LogP contribution >= 0.6 is 0 Å². The summed E-state index contributed by atoms with van der Waals surface area (Å²) in [5.41, 5.74) is 16.0. The Bertz CT molecular complexity index is 3530. The van der Waals surface area contributed by atoms with Gasteiger partial charge in [-0.3, -0.25) is 0 Å². The zero-order valence-corrected chi connectivity index (χ0v) is 34.1. The summed E-state index contributed by atoms with van der Waals surface area (Å²) in [5.74, 6) is 0.679. The van der Waals surface area contributed by atoms with Crippen LogP contribution < -0.4 is 0 Å². The van der Waals surface area contributed by atoms with Crippen LogP contribution in [0, 0.1) is 0 Å². The van der Waals surface area contributed by atoms with Gasteiger partial charge in [0, 0.05) is 38.4 Å². The van der Waals surface area contributed by atoms with Crippen molar-refractivity contribution in [3.8, 4) is 78.5 Å². The van der Waals surface area contributed by atoms with Crippen molar-refractivity contribution < 1.29 is 4.42 Å². The highest BCUT2D eigenvalue weighted by atomic mass is 16.3. The van der Waals surface area contributed by atoms with Crippen LogP contribution in [0.4, 0.5) is 0 Å². The van der Waals surface area contributed by atoms with Crippen molar-refractivity contribution in [3.05, 3.63) is 224 Å². The first kappa shape index (κ1) is 36.4.